The average Bonchev–Trinajstić information content (AvgIpc) is 1.93. The molecular formula is C7H16N2. The van der Waals surface area contributed by atoms with Crippen LogP contribution in [0.2, 0.25) is 0 Å². The first-order valence-electron chi connectivity index (χ1n) is 3.76. The molecule has 1 heterocycles. The summed E-state index contributed by atoms with van der Waals surface area (Å²) in [4.78, 5) is 0. The first kappa shape index (κ1) is 7.03. The van der Waals surface area contributed by atoms with Crippen molar-refractivity contribution in [2.75, 3.05) is 13.1 Å². The lowest BCUT2D eigenvalue weighted by atomic mass is 10.2. The lowest BCUT2D eigenvalue weighted by molar-refractivity contribution is 0.490. The molecule has 0 amide bonds. The second-order valence-electron chi connectivity index (χ2n) is 2.96. The van der Waals surface area contributed by atoms with E-state index in [1.165, 1.54) is 13.0 Å². The Bertz CT molecular complexity index is 73.0. The molecule has 1 saturated heterocycles. The quantitative estimate of drug-likeness (QED) is 0.492. The van der Waals surface area contributed by atoms with Crippen molar-refractivity contribution < 1.29 is 0 Å². The molecule has 54 valence electrons. The Morgan fingerprint density at radius 1 is 1.22 bits per heavy atom. The largest absolute Gasteiger partial charge is 0.315 e. The van der Waals surface area contributed by atoms with Gasteiger partial charge >= 0.3 is 0 Å². The molecule has 1 aliphatic heterocycles. The maximum atomic E-state index is 3.48. The zero-order valence-corrected chi connectivity index (χ0v) is 6.28. The molecule has 0 aromatic carbocycles. The van der Waals surface area contributed by atoms with Crippen molar-refractivity contribution in [2.24, 2.45) is 0 Å². The highest BCUT2D eigenvalue weighted by atomic mass is 15.0. The summed E-state index contributed by atoms with van der Waals surface area (Å²) in [6.07, 6.45) is 1.25. The highest BCUT2D eigenvalue weighted by Crippen LogP contribution is 1.95. The van der Waals surface area contributed by atoms with Gasteiger partial charge in [-0.05, 0) is 26.8 Å². The van der Waals surface area contributed by atoms with E-state index in [1.54, 1.807) is 0 Å². The Kier molecular flexibility index (Phi) is 2.49. The molecule has 0 saturated carbocycles. The van der Waals surface area contributed by atoms with E-state index in [-0.39, 0.29) is 0 Å². The van der Waals surface area contributed by atoms with Crippen molar-refractivity contribution in [1.29, 1.82) is 0 Å². The predicted molar refractivity (Wildman–Crippen MR) is 39.5 cm³/mol. The number of nitrogens with one attached hydrogen (secondary N) is 2. The van der Waals surface area contributed by atoms with Crippen LogP contribution in [0.15, 0.2) is 0 Å². The fourth-order valence-electron chi connectivity index (χ4n) is 1.27. The average molecular weight is 128 g/mol. The minimum atomic E-state index is 0.641. The molecule has 2 heteroatoms. The van der Waals surface area contributed by atoms with Crippen LogP contribution in [0.5, 0.6) is 0 Å². The van der Waals surface area contributed by atoms with Crippen LogP contribution in [0.25, 0.3) is 0 Å². The van der Waals surface area contributed by atoms with Crippen LogP contribution in [0.3, 0.4) is 0 Å². The molecule has 2 N–H and O–H groups in total. The molecular weight excluding hydrogens is 112 g/mol. The summed E-state index contributed by atoms with van der Waals surface area (Å²) in [5.74, 6) is 0. The lowest BCUT2D eigenvalue weighted by Crippen LogP contribution is -2.36. The van der Waals surface area contributed by atoms with Gasteiger partial charge in [-0.25, -0.2) is 0 Å². The Labute approximate surface area is 57.0 Å². The van der Waals surface area contributed by atoms with Gasteiger partial charge in [-0.1, -0.05) is 0 Å². The van der Waals surface area contributed by atoms with Crippen molar-refractivity contribution >= 4 is 0 Å². The number of hydrogen-bond donors (Lipinski definition) is 2. The van der Waals surface area contributed by atoms with E-state index in [4.69, 9.17) is 0 Å². The van der Waals surface area contributed by atoms with Gasteiger partial charge in [0.25, 0.3) is 0 Å². The van der Waals surface area contributed by atoms with Crippen molar-refractivity contribution in [2.45, 2.75) is 32.4 Å². The third-order valence-corrected chi connectivity index (χ3v) is 1.77. The fourth-order valence-corrected chi connectivity index (χ4v) is 1.27. The number of hydrogen-bond acceptors (Lipinski definition) is 2. The predicted octanol–water partition coefficient (Wildman–Crippen LogP) is 0.346. The van der Waals surface area contributed by atoms with Crippen LogP contribution in [0, 0.1) is 0 Å². The Hall–Kier alpha value is -0.0800. The van der Waals surface area contributed by atoms with Crippen LogP contribution >= 0.6 is 0 Å². The van der Waals surface area contributed by atoms with Gasteiger partial charge in [0.05, 0.1) is 0 Å². The lowest BCUT2D eigenvalue weighted by Gasteiger charge is -2.13. The van der Waals surface area contributed by atoms with Gasteiger partial charge in [-0.15, -0.1) is 0 Å². The molecule has 0 radical (unpaired) electrons. The highest BCUT2D eigenvalue weighted by molar-refractivity contribution is 4.74. The van der Waals surface area contributed by atoms with Gasteiger partial charge in [0.15, 0.2) is 0 Å². The van der Waals surface area contributed by atoms with Crippen LogP contribution < -0.4 is 10.6 Å². The number of rotatable bonds is 0. The fraction of sp³-hybridized carbons (Fsp3) is 1.00. The van der Waals surface area contributed by atoms with E-state index in [0.717, 1.165) is 6.54 Å². The zero-order valence-electron chi connectivity index (χ0n) is 6.28. The summed E-state index contributed by atoms with van der Waals surface area (Å²) in [6.45, 7) is 6.74. The van der Waals surface area contributed by atoms with Crippen molar-refractivity contribution in [1.82, 2.24) is 10.6 Å². The van der Waals surface area contributed by atoms with E-state index in [2.05, 4.69) is 24.5 Å². The van der Waals surface area contributed by atoms with Gasteiger partial charge < -0.3 is 10.6 Å². The Balaban J connectivity index is 2.29. The molecule has 1 fully saturated rings. The standard InChI is InChI=1S/C7H16N2/c1-6-3-4-8-5-7(2)9-6/h6-9H,3-5H2,1-2H3/t6-,7+/m1/s1. The molecule has 2 atom stereocenters. The summed E-state index contributed by atoms with van der Waals surface area (Å²) < 4.78 is 0. The molecule has 2 nitrogen and oxygen atoms in total. The van der Waals surface area contributed by atoms with Crippen LogP contribution in [0.1, 0.15) is 20.3 Å². The van der Waals surface area contributed by atoms with Crippen LogP contribution in [-0.2, 0) is 0 Å². The molecule has 1 aliphatic rings. The first-order chi connectivity index (χ1) is 4.29. The molecule has 0 bridgehead atoms. The Morgan fingerprint density at radius 2 is 2.00 bits per heavy atom. The van der Waals surface area contributed by atoms with E-state index in [0.29, 0.717) is 12.1 Å². The molecule has 0 spiro atoms. The van der Waals surface area contributed by atoms with E-state index in [1.807, 2.05) is 0 Å². The van der Waals surface area contributed by atoms with Crippen molar-refractivity contribution in [3.63, 3.8) is 0 Å². The summed E-state index contributed by atoms with van der Waals surface area (Å²) in [5, 5.41) is 6.84. The van der Waals surface area contributed by atoms with Gasteiger partial charge in [0.2, 0.25) is 0 Å². The van der Waals surface area contributed by atoms with E-state index < -0.39 is 0 Å². The summed E-state index contributed by atoms with van der Waals surface area (Å²) in [5.41, 5.74) is 0. The molecule has 0 aromatic rings. The summed E-state index contributed by atoms with van der Waals surface area (Å²) >= 11 is 0. The van der Waals surface area contributed by atoms with Crippen LogP contribution in [0.4, 0.5) is 0 Å². The second kappa shape index (κ2) is 3.18. The molecule has 0 unspecified atom stereocenters. The van der Waals surface area contributed by atoms with Gasteiger partial charge in [-0.2, -0.15) is 0 Å². The molecule has 0 aliphatic carbocycles. The molecule has 9 heavy (non-hydrogen) atoms. The summed E-state index contributed by atoms with van der Waals surface area (Å²) in [6, 6.07) is 1.33. The molecule has 1 rings (SSSR count). The topological polar surface area (TPSA) is 24.1 Å². The SMILES string of the molecule is C[C@@H]1CCNC[C@H](C)N1. The maximum Gasteiger partial charge on any atom is 0.0166 e. The highest BCUT2D eigenvalue weighted by Gasteiger charge is 2.09. The first-order valence-corrected chi connectivity index (χ1v) is 3.76. The van der Waals surface area contributed by atoms with Gasteiger partial charge in [0.1, 0.15) is 0 Å². The van der Waals surface area contributed by atoms with Gasteiger partial charge in [0, 0.05) is 18.6 Å². The third-order valence-electron chi connectivity index (χ3n) is 1.77. The minimum absolute atomic E-state index is 0.641. The smallest absolute Gasteiger partial charge is 0.0166 e. The van der Waals surface area contributed by atoms with E-state index >= 15 is 0 Å². The second-order valence-corrected chi connectivity index (χ2v) is 2.96. The monoisotopic (exact) mass is 128 g/mol. The van der Waals surface area contributed by atoms with Crippen molar-refractivity contribution in [3.05, 3.63) is 0 Å². The normalized spacial score (nSPS) is 38.0. The third kappa shape index (κ3) is 2.33. The van der Waals surface area contributed by atoms with Crippen molar-refractivity contribution in [3.8, 4) is 0 Å². The zero-order chi connectivity index (χ0) is 6.69. The van der Waals surface area contributed by atoms with E-state index in [9.17, 15) is 0 Å². The molecule has 0 aromatic heterocycles. The minimum Gasteiger partial charge on any atom is -0.315 e. The summed E-state index contributed by atoms with van der Waals surface area (Å²) in [7, 11) is 0. The Morgan fingerprint density at radius 3 is 2.78 bits per heavy atom. The maximum absolute atomic E-state index is 3.48. The van der Waals surface area contributed by atoms with Gasteiger partial charge in [-0.3, -0.25) is 0 Å². The van der Waals surface area contributed by atoms with Crippen LogP contribution in [-0.4, -0.2) is 25.2 Å².